The zero-order valence-electron chi connectivity index (χ0n) is 24.7. The van der Waals surface area contributed by atoms with Crippen molar-refractivity contribution in [3.05, 3.63) is 143 Å². The van der Waals surface area contributed by atoms with E-state index in [0.717, 1.165) is 36.1 Å². The highest BCUT2D eigenvalue weighted by atomic mass is 19.4. The van der Waals surface area contributed by atoms with Crippen LogP contribution < -0.4 is 10.6 Å². The third-order valence-corrected chi connectivity index (χ3v) is 8.09. The van der Waals surface area contributed by atoms with E-state index in [1.165, 1.54) is 6.07 Å². The minimum Gasteiger partial charge on any atom is -0.390 e. The molecule has 1 fully saturated rings. The first-order valence-electron chi connectivity index (χ1n) is 15.0. The molecule has 1 heterocycles. The molecule has 5 rings (SSSR count). The predicted molar refractivity (Wildman–Crippen MR) is 166 cm³/mol. The van der Waals surface area contributed by atoms with Gasteiger partial charge < -0.3 is 20.6 Å². The number of benzene rings is 4. The number of carbonyl (C=O) groups excluding carboxylic acids is 2. The van der Waals surface area contributed by atoms with Gasteiger partial charge in [-0.1, -0.05) is 84.9 Å². The van der Waals surface area contributed by atoms with E-state index < -0.39 is 29.8 Å². The number of halogens is 3. The van der Waals surface area contributed by atoms with E-state index in [4.69, 9.17) is 0 Å². The van der Waals surface area contributed by atoms with Crippen LogP contribution in [0.25, 0.3) is 0 Å². The van der Waals surface area contributed by atoms with Gasteiger partial charge in [-0.2, -0.15) is 13.2 Å². The molecular weight excluding hydrogens is 579 g/mol. The molecule has 0 bridgehead atoms. The fourth-order valence-electron chi connectivity index (χ4n) is 5.76. The van der Waals surface area contributed by atoms with Gasteiger partial charge in [0, 0.05) is 30.8 Å². The fraction of sp³-hybridized carbons (Fsp3) is 0.278. The number of aliphatic hydroxyl groups excluding tert-OH is 1. The molecule has 3 N–H and O–H groups in total. The minimum absolute atomic E-state index is 0.0231. The zero-order valence-corrected chi connectivity index (χ0v) is 24.7. The van der Waals surface area contributed by atoms with Crippen molar-refractivity contribution in [1.82, 2.24) is 15.5 Å². The van der Waals surface area contributed by atoms with Crippen molar-refractivity contribution in [2.45, 2.75) is 50.2 Å². The number of alkyl halides is 3. The van der Waals surface area contributed by atoms with Crippen LogP contribution in [-0.2, 0) is 19.1 Å². The van der Waals surface area contributed by atoms with Gasteiger partial charge in [-0.05, 0) is 60.2 Å². The van der Waals surface area contributed by atoms with Gasteiger partial charge in [-0.3, -0.25) is 9.59 Å². The van der Waals surface area contributed by atoms with Gasteiger partial charge in [-0.25, -0.2) is 0 Å². The summed E-state index contributed by atoms with van der Waals surface area (Å²) in [5.74, 6) is -0.584. The summed E-state index contributed by atoms with van der Waals surface area (Å²) in [6.07, 6.45) is -3.41. The monoisotopic (exact) mass is 615 g/mol. The maximum atomic E-state index is 13.6. The number of nitrogens with zero attached hydrogens (tertiary/aromatic N) is 1. The van der Waals surface area contributed by atoms with Crippen LogP contribution in [0.2, 0.25) is 0 Å². The second-order valence-corrected chi connectivity index (χ2v) is 11.3. The van der Waals surface area contributed by atoms with Gasteiger partial charge in [0.2, 0.25) is 0 Å². The summed E-state index contributed by atoms with van der Waals surface area (Å²) >= 11 is 0. The topological polar surface area (TPSA) is 81.7 Å². The summed E-state index contributed by atoms with van der Waals surface area (Å²) < 4.78 is 39.3. The van der Waals surface area contributed by atoms with Crippen molar-refractivity contribution in [1.29, 1.82) is 0 Å². The van der Waals surface area contributed by atoms with Gasteiger partial charge in [0.25, 0.3) is 11.8 Å². The molecule has 234 valence electrons. The molecule has 3 unspecified atom stereocenters. The molecule has 0 aromatic heterocycles. The summed E-state index contributed by atoms with van der Waals surface area (Å²) in [4.78, 5) is 28.9. The predicted octanol–water partition coefficient (Wildman–Crippen LogP) is 6.17. The van der Waals surface area contributed by atoms with Crippen LogP contribution in [-0.4, -0.2) is 47.1 Å². The van der Waals surface area contributed by atoms with Crippen LogP contribution in [0.5, 0.6) is 0 Å². The van der Waals surface area contributed by atoms with E-state index in [-0.39, 0.29) is 25.0 Å². The number of hydrogen-bond acceptors (Lipinski definition) is 4. The fourth-order valence-corrected chi connectivity index (χ4v) is 5.76. The van der Waals surface area contributed by atoms with E-state index in [1.54, 1.807) is 30.3 Å². The van der Waals surface area contributed by atoms with Gasteiger partial charge in [-0.15, -0.1) is 0 Å². The van der Waals surface area contributed by atoms with Crippen molar-refractivity contribution >= 4 is 11.8 Å². The van der Waals surface area contributed by atoms with E-state index in [0.29, 0.717) is 29.7 Å². The van der Waals surface area contributed by atoms with Crippen molar-refractivity contribution in [3.63, 3.8) is 0 Å². The molecule has 4 aromatic rings. The van der Waals surface area contributed by atoms with Gasteiger partial charge >= 0.3 is 6.18 Å². The zero-order chi connectivity index (χ0) is 31.8. The Morgan fingerprint density at radius 3 is 2.24 bits per heavy atom. The molecule has 4 aromatic carbocycles. The number of carbonyl (C=O) groups is 2. The number of aliphatic hydroxyl groups is 1. The Balaban J connectivity index is 1.27. The van der Waals surface area contributed by atoms with Crippen LogP contribution in [0.4, 0.5) is 13.2 Å². The Morgan fingerprint density at radius 1 is 0.844 bits per heavy atom. The third kappa shape index (κ3) is 8.38. The van der Waals surface area contributed by atoms with Gasteiger partial charge in [0.1, 0.15) is 0 Å². The Hall–Kier alpha value is -4.47. The Bertz CT molecular complexity index is 1580. The first-order valence-corrected chi connectivity index (χ1v) is 15.0. The standard InChI is InChI=1S/C36H36F3N3O3/c37-36(38,39)30-17-7-12-26(20-30)23-40-24-33(43)31(21-25-10-3-1-4-11-25)41-34(44)28-15-8-16-29(22-28)35(45)42-19-9-18-32(42)27-13-5-2-6-14-27/h1-8,10-17,20,22,31-33,40,43H,9,18-19,21,23-24H2,(H,41,44). The highest BCUT2D eigenvalue weighted by molar-refractivity contribution is 6.00. The average Bonchev–Trinajstić information content (AvgIpc) is 3.55. The van der Waals surface area contributed by atoms with Crippen LogP contribution >= 0.6 is 0 Å². The number of rotatable bonds is 11. The molecule has 2 amide bonds. The van der Waals surface area contributed by atoms with Crippen molar-refractivity contribution in [2.75, 3.05) is 13.1 Å². The summed E-state index contributed by atoms with van der Waals surface area (Å²) in [6.45, 7) is 0.771. The third-order valence-electron chi connectivity index (χ3n) is 8.09. The largest absolute Gasteiger partial charge is 0.416 e. The lowest BCUT2D eigenvalue weighted by Crippen LogP contribution is -2.48. The minimum atomic E-state index is -4.44. The van der Waals surface area contributed by atoms with E-state index >= 15 is 0 Å². The molecule has 0 aliphatic carbocycles. The second-order valence-electron chi connectivity index (χ2n) is 11.3. The average molecular weight is 616 g/mol. The summed E-state index contributed by atoms with van der Waals surface area (Å²) in [5.41, 5.74) is 2.36. The van der Waals surface area contributed by atoms with Crippen LogP contribution in [0.15, 0.2) is 109 Å². The first-order chi connectivity index (χ1) is 21.7. The molecule has 6 nitrogen and oxygen atoms in total. The molecule has 1 aliphatic heterocycles. The van der Waals surface area contributed by atoms with Crippen LogP contribution in [0.1, 0.15) is 61.9 Å². The maximum Gasteiger partial charge on any atom is 0.416 e. The first kappa shape index (κ1) is 31.9. The molecule has 1 saturated heterocycles. The van der Waals surface area contributed by atoms with Gasteiger partial charge in [0.05, 0.1) is 23.8 Å². The van der Waals surface area contributed by atoms with Gasteiger partial charge in [0.15, 0.2) is 0 Å². The number of amides is 2. The number of nitrogens with one attached hydrogen (secondary N) is 2. The molecule has 3 atom stereocenters. The van der Waals surface area contributed by atoms with Crippen molar-refractivity contribution in [2.24, 2.45) is 0 Å². The molecule has 0 spiro atoms. The summed E-state index contributed by atoms with van der Waals surface area (Å²) in [7, 11) is 0. The maximum absolute atomic E-state index is 13.6. The number of hydrogen-bond donors (Lipinski definition) is 3. The molecular formula is C36H36F3N3O3. The SMILES string of the molecule is O=C(NC(Cc1ccccc1)C(O)CNCc1cccc(C(F)(F)F)c1)c1cccc(C(=O)N2CCCC2c2ccccc2)c1. The lowest BCUT2D eigenvalue weighted by molar-refractivity contribution is -0.137. The van der Waals surface area contributed by atoms with Crippen molar-refractivity contribution in [3.8, 4) is 0 Å². The lowest BCUT2D eigenvalue weighted by atomic mass is 10.00. The normalized spacial score (nSPS) is 16.3. The van der Waals surface area contributed by atoms with Crippen LogP contribution in [0.3, 0.4) is 0 Å². The quantitative estimate of drug-likeness (QED) is 0.188. The number of likely N-dealkylation sites (tertiary alicyclic amines) is 1. The Kier molecular flexibility index (Phi) is 10.3. The molecule has 0 saturated carbocycles. The Labute approximate surface area is 260 Å². The second kappa shape index (κ2) is 14.5. The Morgan fingerprint density at radius 2 is 1.51 bits per heavy atom. The van der Waals surface area contributed by atoms with E-state index in [9.17, 15) is 27.9 Å². The molecule has 45 heavy (non-hydrogen) atoms. The molecule has 0 radical (unpaired) electrons. The smallest absolute Gasteiger partial charge is 0.390 e. The molecule has 1 aliphatic rings. The van der Waals surface area contributed by atoms with Crippen LogP contribution in [0, 0.1) is 0 Å². The van der Waals surface area contributed by atoms with E-state index in [1.807, 2.05) is 65.6 Å². The summed E-state index contributed by atoms with van der Waals surface area (Å²) in [5, 5.41) is 17.1. The summed E-state index contributed by atoms with van der Waals surface area (Å²) in [6, 6.07) is 30.1. The lowest BCUT2D eigenvalue weighted by Gasteiger charge is -2.26. The highest BCUT2D eigenvalue weighted by Crippen LogP contribution is 2.33. The molecule has 9 heteroatoms. The van der Waals surface area contributed by atoms with Crippen molar-refractivity contribution < 1.29 is 27.9 Å². The highest BCUT2D eigenvalue weighted by Gasteiger charge is 2.32. The van der Waals surface area contributed by atoms with E-state index in [2.05, 4.69) is 10.6 Å².